The molecule has 4 N–H and O–H groups in total. The fraction of sp³-hybridized carbons (Fsp3) is 0.300. The molecule has 9 heteroatoms. The highest BCUT2D eigenvalue weighted by molar-refractivity contribution is 9.10. The average Bonchev–Trinajstić information content (AvgIpc) is 2.38. The second kappa shape index (κ2) is 6.33. The molecular formula is C10H13BrN2O5S. The molecule has 0 saturated heterocycles. The van der Waals surface area contributed by atoms with Gasteiger partial charge in [-0.2, -0.15) is 0 Å². The number of nitrogen functional groups attached to an aromatic ring is 1. The number of benzene rings is 1. The Morgan fingerprint density at radius 2 is 2.21 bits per heavy atom. The van der Waals surface area contributed by atoms with E-state index in [0.29, 0.717) is 10.2 Å². The van der Waals surface area contributed by atoms with Crippen molar-refractivity contribution in [3.63, 3.8) is 0 Å². The highest BCUT2D eigenvalue weighted by atomic mass is 79.9. The third-order valence-electron chi connectivity index (χ3n) is 2.22. The van der Waals surface area contributed by atoms with Crippen molar-refractivity contribution in [1.29, 1.82) is 0 Å². The summed E-state index contributed by atoms with van der Waals surface area (Å²) in [6.45, 7) is -0.475. The van der Waals surface area contributed by atoms with Crippen LogP contribution < -0.4 is 10.5 Å². The molecule has 0 amide bonds. The van der Waals surface area contributed by atoms with Gasteiger partial charge in [-0.3, -0.25) is 0 Å². The minimum Gasteiger partial charge on any atom is -0.467 e. The first kappa shape index (κ1) is 15.9. The van der Waals surface area contributed by atoms with Crippen molar-refractivity contribution in [1.82, 2.24) is 4.72 Å². The maximum atomic E-state index is 11.9. The number of nitrogens with two attached hydrogens (primary N) is 1. The highest BCUT2D eigenvalue weighted by Gasteiger charge is 2.20. The molecule has 0 spiro atoms. The van der Waals surface area contributed by atoms with E-state index in [2.05, 4.69) is 25.4 Å². The number of ether oxygens (including phenoxy) is 1. The number of sulfonamides is 1. The minimum absolute atomic E-state index is 0.0364. The van der Waals surface area contributed by atoms with Gasteiger partial charge >= 0.3 is 5.97 Å². The van der Waals surface area contributed by atoms with Crippen LogP contribution in [0.3, 0.4) is 0 Å². The molecule has 106 valence electrons. The monoisotopic (exact) mass is 352 g/mol. The quantitative estimate of drug-likeness (QED) is 0.500. The SMILES string of the molecule is COC(=O)C(O)CNS(=O)(=O)c1ccc(N)c(Br)c1. The number of methoxy groups -OCH3 is 1. The van der Waals surface area contributed by atoms with Crippen molar-refractivity contribution in [3.8, 4) is 0 Å². The Hall–Kier alpha value is -1.16. The standard InChI is InChI=1S/C10H13BrN2O5S/c1-18-10(15)9(14)5-13-19(16,17)6-2-3-8(12)7(11)4-6/h2-4,9,13-14H,5,12H2,1H3. The first-order valence-corrected chi connectivity index (χ1v) is 7.36. The molecular weight excluding hydrogens is 340 g/mol. The zero-order valence-electron chi connectivity index (χ0n) is 9.96. The number of carbonyl (C=O) groups is 1. The lowest BCUT2D eigenvalue weighted by Crippen LogP contribution is -2.37. The van der Waals surface area contributed by atoms with Crippen molar-refractivity contribution >= 4 is 37.6 Å². The van der Waals surface area contributed by atoms with Gasteiger partial charge in [0.2, 0.25) is 10.0 Å². The van der Waals surface area contributed by atoms with Crippen LogP contribution in [-0.4, -0.2) is 39.3 Å². The van der Waals surface area contributed by atoms with Crippen LogP contribution in [0.25, 0.3) is 0 Å². The molecule has 0 aromatic heterocycles. The number of halogens is 1. The lowest BCUT2D eigenvalue weighted by Gasteiger charge is -2.11. The Balaban J connectivity index is 2.81. The van der Waals surface area contributed by atoms with Crippen LogP contribution in [0.4, 0.5) is 5.69 Å². The molecule has 0 fully saturated rings. The minimum atomic E-state index is -3.84. The average molecular weight is 353 g/mol. The van der Waals surface area contributed by atoms with Gasteiger partial charge in [0.15, 0.2) is 6.10 Å². The maximum Gasteiger partial charge on any atom is 0.336 e. The Kier molecular flexibility index (Phi) is 5.29. The molecule has 0 aliphatic carbocycles. The van der Waals surface area contributed by atoms with Crippen molar-refractivity contribution in [3.05, 3.63) is 22.7 Å². The fourth-order valence-corrected chi connectivity index (χ4v) is 2.76. The van der Waals surface area contributed by atoms with Crippen LogP contribution in [0.15, 0.2) is 27.6 Å². The van der Waals surface area contributed by atoms with E-state index in [4.69, 9.17) is 5.73 Å². The smallest absolute Gasteiger partial charge is 0.336 e. The van der Waals surface area contributed by atoms with Crippen LogP contribution >= 0.6 is 15.9 Å². The molecule has 0 aliphatic rings. The number of nitrogens with one attached hydrogen (secondary N) is 1. The van der Waals surface area contributed by atoms with E-state index in [1.54, 1.807) is 0 Å². The van der Waals surface area contributed by atoms with Crippen LogP contribution in [0, 0.1) is 0 Å². The normalized spacial score (nSPS) is 13.0. The Bertz CT molecular complexity index is 575. The van der Waals surface area contributed by atoms with Gasteiger partial charge in [0.1, 0.15) is 0 Å². The van der Waals surface area contributed by atoms with Gasteiger partial charge in [0, 0.05) is 16.7 Å². The molecule has 0 bridgehead atoms. The number of aliphatic hydroxyl groups excluding tert-OH is 1. The predicted molar refractivity (Wildman–Crippen MR) is 71.8 cm³/mol. The number of esters is 1. The third-order valence-corrected chi connectivity index (χ3v) is 4.33. The van der Waals surface area contributed by atoms with Crippen molar-refractivity contribution < 1.29 is 23.1 Å². The summed E-state index contributed by atoms with van der Waals surface area (Å²) in [6, 6.07) is 4.06. The summed E-state index contributed by atoms with van der Waals surface area (Å²) < 4.78 is 30.6. The second-order valence-electron chi connectivity index (χ2n) is 3.57. The predicted octanol–water partition coefficient (Wildman–Crippen LogP) is -0.156. The van der Waals surface area contributed by atoms with Crippen LogP contribution in [0.1, 0.15) is 0 Å². The summed E-state index contributed by atoms with van der Waals surface area (Å²) in [5.74, 6) is -0.916. The molecule has 0 heterocycles. The van der Waals surface area contributed by atoms with Crippen molar-refractivity contribution in [2.24, 2.45) is 0 Å². The van der Waals surface area contributed by atoms with Gasteiger partial charge in [0.05, 0.1) is 12.0 Å². The molecule has 7 nitrogen and oxygen atoms in total. The van der Waals surface area contributed by atoms with Crippen LogP contribution in [-0.2, 0) is 19.6 Å². The van der Waals surface area contributed by atoms with Gasteiger partial charge < -0.3 is 15.6 Å². The second-order valence-corrected chi connectivity index (χ2v) is 6.20. The summed E-state index contributed by atoms with van der Waals surface area (Å²) in [6.07, 6.45) is -1.56. The number of hydrogen-bond donors (Lipinski definition) is 3. The summed E-state index contributed by atoms with van der Waals surface area (Å²) in [7, 11) is -2.75. The van der Waals surface area contributed by atoms with Gasteiger partial charge in [-0.15, -0.1) is 0 Å². The summed E-state index contributed by atoms with van der Waals surface area (Å²) in [4.78, 5) is 10.9. The fourth-order valence-electron chi connectivity index (χ4n) is 1.17. The maximum absolute atomic E-state index is 11.9. The molecule has 19 heavy (non-hydrogen) atoms. The molecule has 1 aromatic rings. The van der Waals surface area contributed by atoms with Crippen molar-refractivity contribution in [2.75, 3.05) is 19.4 Å². The largest absolute Gasteiger partial charge is 0.467 e. The van der Waals surface area contributed by atoms with E-state index in [9.17, 15) is 18.3 Å². The van der Waals surface area contributed by atoms with E-state index >= 15 is 0 Å². The molecule has 1 rings (SSSR count). The number of rotatable bonds is 5. The van der Waals surface area contributed by atoms with Gasteiger partial charge in [-0.05, 0) is 34.1 Å². The molecule has 0 saturated carbocycles. The summed E-state index contributed by atoms with van der Waals surface area (Å²) in [5, 5.41) is 9.30. The lowest BCUT2D eigenvalue weighted by atomic mass is 10.3. The topological polar surface area (TPSA) is 119 Å². The first-order valence-electron chi connectivity index (χ1n) is 5.08. The van der Waals surface area contributed by atoms with E-state index < -0.39 is 28.6 Å². The van der Waals surface area contributed by atoms with Gasteiger partial charge in [-0.25, -0.2) is 17.9 Å². The molecule has 1 aromatic carbocycles. The van der Waals surface area contributed by atoms with E-state index in [-0.39, 0.29) is 4.90 Å². The van der Waals surface area contributed by atoms with Gasteiger partial charge in [0.25, 0.3) is 0 Å². The zero-order valence-corrected chi connectivity index (χ0v) is 12.4. The number of anilines is 1. The molecule has 1 atom stereocenters. The summed E-state index contributed by atoms with van der Waals surface area (Å²) in [5.41, 5.74) is 5.95. The van der Waals surface area contributed by atoms with Crippen LogP contribution in [0.2, 0.25) is 0 Å². The number of aliphatic hydroxyl groups is 1. The molecule has 1 unspecified atom stereocenters. The Labute approximate surface area is 118 Å². The Morgan fingerprint density at radius 3 is 2.74 bits per heavy atom. The van der Waals surface area contributed by atoms with E-state index in [1.807, 2.05) is 0 Å². The van der Waals surface area contributed by atoms with E-state index in [0.717, 1.165) is 7.11 Å². The number of carbonyl (C=O) groups excluding carboxylic acids is 1. The third kappa shape index (κ3) is 4.16. The van der Waals surface area contributed by atoms with E-state index in [1.165, 1.54) is 18.2 Å². The first-order chi connectivity index (χ1) is 8.77. The molecule has 0 radical (unpaired) electrons. The highest BCUT2D eigenvalue weighted by Crippen LogP contribution is 2.22. The summed E-state index contributed by atoms with van der Waals surface area (Å²) >= 11 is 3.11. The lowest BCUT2D eigenvalue weighted by molar-refractivity contribution is -0.149. The van der Waals surface area contributed by atoms with Crippen molar-refractivity contribution in [2.45, 2.75) is 11.0 Å². The zero-order chi connectivity index (χ0) is 14.6. The number of hydrogen-bond acceptors (Lipinski definition) is 6. The molecule has 0 aliphatic heterocycles. The Morgan fingerprint density at radius 1 is 1.58 bits per heavy atom. The van der Waals surface area contributed by atoms with Crippen LogP contribution in [0.5, 0.6) is 0 Å². The van der Waals surface area contributed by atoms with Gasteiger partial charge in [-0.1, -0.05) is 0 Å².